The summed E-state index contributed by atoms with van der Waals surface area (Å²) in [7, 11) is 0. The Kier molecular flexibility index (Phi) is 3.97. The number of hydrogen-bond donors (Lipinski definition) is 3. The third-order valence-electron chi connectivity index (χ3n) is 2.47. The minimum Gasteiger partial charge on any atom is -0.478 e. The fourth-order valence-electron chi connectivity index (χ4n) is 1.59. The van der Waals surface area contributed by atoms with E-state index in [9.17, 15) is 4.79 Å². The number of nitrogens with one attached hydrogen (secondary N) is 1. The molecule has 0 radical (unpaired) electrons. The quantitative estimate of drug-likeness (QED) is 0.734. The van der Waals surface area contributed by atoms with E-state index in [-0.39, 0.29) is 5.56 Å². The van der Waals surface area contributed by atoms with E-state index in [2.05, 4.69) is 21.2 Å². The van der Waals surface area contributed by atoms with Gasteiger partial charge < -0.3 is 16.2 Å². The number of carbonyl (C=O) groups is 1. The van der Waals surface area contributed by atoms with E-state index in [1.54, 1.807) is 30.3 Å². The minimum atomic E-state index is -1.02. The molecule has 2 aromatic rings. The van der Waals surface area contributed by atoms with Crippen LogP contribution in [0.4, 0.5) is 17.1 Å². The van der Waals surface area contributed by atoms with Gasteiger partial charge in [-0.1, -0.05) is 11.6 Å². The Morgan fingerprint density at radius 3 is 2.58 bits per heavy atom. The zero-order valence-electron chi connectivity index (χ0n) is 9.65. The number of carboxylic acid groups (broad SMARTS) is 1. The van der Waals surface area contributed by atoms with Crippen LogP contribution in [0.3, 0.4) is 0 Å². The van der Waals surface area contributed by atoms with Gasteiger partial charge in [-0.15, -0.1) is 0 Å². The average molecular weight is 342 g/mol. The summed E-state index contributed by atoms with van der Waals surface area (Å²) in [6, 6.07) is 9.76. The van der Waals surface area contributed by atoms with Gasteiger partial charge in [0.2, 0.25) is 0 Å². The third kappa shape index (κ3) is 3.19. The predicted octanol–water partition coefficient (Wildman–Crippen LogP) is 4.13. The second-order valence-corrected chi connectivity index (χ2v) is 5.15. The smallest absolute Gasteiger partial charge is 0.337 e. The fourth-order valence-corrected chi connectivity index (χ4v) is 2.37. The first-order chi connectivity index (χ1) is 8.97. The first kappa shape index (κ1) is 13.7. The van der Waals surface area contributed by atoms with Crippen molar-refractivity contribution in [3.8, 4) is 0 Å². The second kappa shape index (κ2) is 5.50. The number of halogens is 2. The predicted molar refractivity (Wildman–Crippen MR) is 80.2 cm³/mol. The summed E-state index contributed by atoms with van der Waals surface area (Å²) in [6.45, 7) is 0. The third-order valence-corrected chi connectivity index (χ3v) is 3.37. The van der Waals surface area contributed by atoms with Gasteiger partial charge in [0.1, 0.15) is 0 Å². The Bertz CT molecular complexity index is 647. The molecule has 2 rings (SSSR count). The van der Waals surface area contributed by atoms with Crippen LogP contribution in [0.1, 0.15) is 10.4 Å². The van der Waals surface area contributed by atoms with Gasteiger partial charge in [-0.05, 0) is 52.3 Å². The lowest BCUT2D eigenvalue weighted by atomic mass is 10.1. The molecule has 0 unspecified atom stereocenters. The average Bonchev–Trinajstić information content (AvgIpc) is 2.32. The molecule has 0 saturated heterocycles. The second-order valence-electron chi connectivity index (χ2n) is 3.86. The molecule has 0 aromatic heterocycles. The van der Waals surface area contributed by atoms with Crippen LogP contribution in [0.15, 0.2) is 40.9 Å². The van der Waals surface area contributed by atoms with Crippen molar-refractivity contribution in [3.05, 3.63) is 51.5 Å². The van der Waals surface area contributed by atoms with Crippen LogP contribution >= 0.6 is 27.5 Å². The summed E-state index contributed by atoms with van der Waals surface area (Å²) in [5.41, 5.74) is 7.44. The Morgan fingerprint density at radius 2 is 1.95 bits per heavy atom. The van der Waals surface area contributed by atoms with Crippen molar-refractivity contribution in [1.29, 1.82) is 0 Å². The molecule has 0 atom stereocenters. The molecular formula is C13H10BrClN2O2. The van der Waals surface area contributed by atoms with Crippen LogP contribution in [0.5, 0.6) is 0 Å². The number of benzene rings is 2. The van der Waals surface area contributed by atoms with Gasteiger partial charge in [0, 0.05) is 15.2 Å². The van der Waals surface area contributed by atoms with Crippen molar-refractivity contribution in [2.24, 2.45) is 0 Å². The van der Waals surface area contributed by atoms with Gasteiger partial charge in [-0.2, -0.15) is 0 Å². The van der Waals surface area contributed by atoms with E-state index in [0.29, 0.717) is 22.1 Å². The number of anilines is 3. The maximum absolute atomic E-state index is 11.1. The molecule has 4 nitrogen and oxygen atoms in total. The molecular weight excluding hydrogens is 332 g/mol. The first-order valence-corrected chi connectivity index (χ1v) is 6.49. The highest BCUT2D eigenvalue weighted by Gasteiger charge is 2.11. The Hall–Kier alpha value is -1.72. The highest BCUT2D eigenvalue weighted by molar-refractivity contribution is 9.10. The first-order valence-electron chi connectivity index (χ1n) is 5.32. The number of carboxylic acids is 1. The molecule has 0 amide bonds. The van der Waals surface area contributed by atoms with Crippen molar-refractivity contribution in [3.63, 3.8) is 0 Å². The largest absolute Gasteiger partial charge is 0.478 e. The Labute approximate surface area is 123 Å². The van der Waals surface area contributed by atoms with Crippen LogP contribution in [0.2, 0.25) is 5.02 Å². The normalized spacial score (nSPS) is 10.2. The Balaban J connectivity index is 2.42. The number of hydrogen-bond acceptors (Lipinski definition) is 3. The summed E-state index contributed by atoms with van der Waals surface area (Å²) in [5.74, 6) is -1.02. The van der Waals surface area contributed by atoms with Gasteiger partial charge >= 0.3 is 5.97 Å². The molecule has 0 heterocycles. The maximum atomic E-state index is 11.1. The summed E-state index contributed by atoms with van der Waals surface area (Å²) < 4.78 is 0.735. The van der Waals surface area contributed by atoms with Crippen LogP contribution in [0.25, 0.3) is 0 Å². The van der Waals surface area contributed by atoms with Crippen LogP contribution < -0.4 is 11.1 Å². The Morgan fingerprint density at radius 1 is 1.21 bits per heavy atom. The molecule has 0 bridgehead atoms. The van der Waals surface area contributed by atoms with E-state index in [1.165, 1.54) is 6.07 Å². The highest BCUT2D eigenvalue weighted by Crippen LogP contribution is 2.30. The maximum Gasteiger partial charge on any atom is 0.337 e. The molecule has 0 spiro atoms. The van der Waals surface area contributed by atoms with Gasteiger partial charge in [-0.3, -0.25) is 0 Å². The van der Waals surface area contributed by atoms with Crippen LogP contribution in [-0.2, 0) is 0 Å². The number of rotatable bonds is 3. The van der Waals surface area contributed by atoms with E-state index < -0.39 is 5.97 Å². The highest BCUT2D eigenvalue weighted by atomic mass is 79.9. The summed E-state index contributed by atoms with van der Waals surface area (Å²) in [5, 5.41) is 12.7. The van der Waals surface area contributed by atoms with E-state index >= 15 is 0 Å². The van der Waals surface area contributed by atoms with Gasteiger partial charge in [-0.25, -0.2) is 4.79 Å². The van der Waals surface area contributed by atoms with Crippen molar-refractivity contribution >= 4 is 50.6 Å². The molecule has 98 valence electrons. The fraction of sp³-hybridized carbons (Fsp3) is 0. The lowest BCUT2D eigenvalue weighted by Gasteiger charge is -2.12. The topological polar surface area (TPSA) is 75.4 Å². The van der Waals surface area contributed by atoms with E-state index in [4.69, 9.17) is 22.4 Å². The number of aromatic carboxylic acids is 1. The van der Waals surface area contributed by atoms with Gasteiger partial charge in [0.15, 0.2) is 0 Å². The van der Waals surface area contributed by atoms with Gasteiger partial charge in [0.05, 0.1) is 16.9 Å². The molecule has 0 fully saturated rings. The van der Waals surface area contributed by atoms with Crippen molar-refractivity contribution in [2.45, 2.75) is 0 Å². The molecule has 0 aliphatic heterocycles. The molecule has 6 heteroatoms. The molecule has 0 saturated carbocycles. The van der Waals surface area contributed by atoms with Gasteiger partial charge in [0.25, 0.3) is 0 Å². The SMILES string of the molecule is Nc1ccc(C(=O)O)c(Nc2ccc(Cl)cc2Br)c1. The van der Waals surface area contributed by atoms with E-state index in [0.717, 1.165) is 4.47 Å². The van der Waals surface area contributed by atoms with Crippen molar-refractivity contribution in [1.82, 2.24) is 0 Å². The standard InChI is InChI=1S/C13H10BrClN2O2/c14-10-5-7(15)1-4-11(10)17-12-6-8(16)2-3-9(12)13(18)19/h1-6,17H,16H2,(H,18,19). The minimum absolute atomic E-state index is 0.149. The van der Waals surface area contributed by atoms with Crippen LogP contribution in [-0.4, -0.2) is 11.1 Å². The van der Waals surface area contributed by atoms with Crippen molar-refractivity contribution < 1.29 is 9.90 Å². The summed E-state index contributed by atoms with van der Waals surface area (Å²) in [6.07, 6.45) is 0. The molecule has 0 aliphatic carbocycles. The molecule has 0 aliphatic rings. The van der Waals surface area contributed by atoms with Crippen molar-refractivity contribution in [2.75, 3.05) is 11.1 Å². The summed E-state index contributed by atoms with van der Waals surface area (Å²) >= 11 is 9.21. The van der Waals surface area contributed by atoms with Crippen LogP contribution in [0, 0.1) is 0 Å². The molecule has 4 N–H and O–H groups in total. The number of nitrogens with two attached hydrogens (primary N) is 1. The monoisotopic (exact) mass is 340 g/mol. The number of nitrogen functional groups attached to an aromatic ring is 1. The lowest BCUT2D eigenvalue weighted by Crippen LogP contribution is -2.04. The zero-order chi connectivity index (χ0) is 14.0. The summed E-state index contributed by atoms with van der Waals surface area (Å²) in [4.78, 5) is 11.1. The lowest BCUT2D eigenvalue weighted by molar-refractivity contribution is 0.0698. The van der Waals surface area contributed by atoms with E-state index in [1.807, 2.05) is 0 Å². The molecule has 2 aromatic carbocycles. The zero-order valence-corrected chi connectivity index (χ0v) is 12.0. The molecule has 19 heavy (non-hydrogen) atoms.